The number of hydrogen-bond acceptors (Lipinski definition) is 6. The van der Waals surface area contributed by atoms with Gasteiger partial charge in [0.05, 0.1) is 11.6 Å². The van der Waals surface area contributed by atoms with Crippen molar-refractivity contribution in [2.24, 2.45) is 5.41 Å². The maximum Gasteiger partial charge on any atom is 0.235 e. The van der Waals surface area contributed by atoms with Gasteiger partial charge in [0.1, 0.15) is 11.5 Å². The molecule has 2 heterocycles. The highest BCUT2D eigenvalue weighted by Crippen LogP contribution is 2.49. The number of nitrogens with one attached hydrogen (secondary N) is 3. The van der Waals surface area contributed by atoms with E-state index >= 15 is 4.39 Å². The lowest BCUT2D eigenvalue weighted by atomic mass is 9.60. The quantitative estimate of drug-likeness (QED) is 0.135. The Kier molecular flexibility index (Phi) is 9.80. The highest BCUT2D eigenvalue weighted by molar-refractivity contribution is 6.00. The van der Waals surface area contributed by atoms with Crippen molar-refractivity contribution < 1.29 is 9.18 Å². The molecule has 1 amide bonds. The normalized spacial score (nSPS) is 16.9. The number of halogens is 1. The van der Waals surface area contributed by atoms with Crippen LogP contribution < -0.4 is 16.0 Å². The maximum absolute atomic E-state index is 15.1. The second-order valence-electron chi connectivity index (χ2n) is 12.6. The first-order valence-electron chi connectivity index (χ1n) is 15.7. The molecular weight excluding hydrogens is 587 g/mol. The first-order chi connectivity index (χ1) is 22.6. The molecule has 4 aromatic rings. The van der Waals surface area contributed by atoms with Gasteiger partial charge in [-0.25, -0.2) is 19.3 Å². The van der Waals surface area contributed by atoms with Gasteiger partial charge in [-0.1, -0.05) is 75.9 Å². The van der Waals surface area contributed by atoms with Crippen molar-refractivity contribution in [2.45, 2.75) is 50.9 Å². The van der Waals surface area contributed by atoms with Gasteiger partial charge in [0.25, 0.3) is 0 Å². The minimum atomic E-state index is -0.804. The molecule has 47 heavy (non-hydrogen) atoms. The van der Waals surface area contributed by atoms with Crippen LogP contribution in [-0.2, 0) is 10.2 Å². The van der Waals surface area contributed by atoms with Gasteiger partial charge in [0, 0.05) is 29.1 Å². The lowest BCUT2D eigenvalue weighted by Crippen LogP contribution is -2.46. The summed E-state index contributed by atoms with van der Waals surface area (Å²) in [5, 5.41) is 9.46. The lowest BCUT2D eigenvalue weighted by molar-refractivity contribution is -0.124. The molecular formula is C39H41FN6O. The number of carbonyl (C=O) groups is 1. The Morgan fingerprint density at radius 1 is 1.00 bits per heavy atom. The van der Waals surface area contributed by atoms with Crippen LogP contribution in [0.4, 0.5) is 27.5 Å². The highest BCUT2D eigenvalue weighted by atomic mass is 19.1. The molecule has 1 aliphatic rings. The second-order valence-corrected chi connectivity index (χ2v) is 12.6. The van der Waals surface area contributed by atoms with Gasteiger partial charge >= 0.3 is 0 Å². The van der Waals surface area contributed by atoms with Crippen LogP contribution in [0.3, 0.4) is 0 Å². The molecule has 0 spiro atoms. The predicted molar refractivity (Wildman–Crippen MR) is 191 cm³/mol. The van der Waals surface area contributed by atoms with Crippen molar-refractivity contribution >= 4 is 35.1 Å². The van der Waals surface area contributed by atoms with Crippen LogP contribution in [-0.4, -0.2) is 20.9 Å². The van der Waals surface area contributed by atoms with E-state index in [1.165, 1.54) is 6.20 Å². The number of anilines is 4. The van der Waals surface area contributed by atoms with Crippen molar-refractivity contribution in [2.75, 3.05) is 16.0 Å². The van der Waals surface area contributed by atoms with Crippen LogP contribution >= 0.6 is 0 Å². The summed E-state index contributed by atoms with van der Waals surface area (Å²) in [5.41, 5.74) is 3.77. The molecule has 1 unspecified atom stereocenters. The number of aromatic nitrogens is 3. The van der Waals surface area contributed by atoms with Gasteiger partial charge in [0.15, 0.2) is 5.82 Å². The van der Waals surface area contributed by atoms with E-state index in [0.717, 1.165) is 41.4 Å². The van der Waals surface area contributed by atoms with Crippen LogP contribution in [0.25, 0.3) is 17.3 Å². The number of amides is 1. The molecule has 0 radical (unpaired) electrons. The Hall–Kier alpha value is -5.37. The van der Waals surface area contributed by atoms with Crippen LogP contribution in [0.15, 0.2) is 112 Å². The Morgan fingerprint density at radius 3 is 2.53 bits per heavy atom. The zero-order valence-corrected chi connectivity index (χ0v) is 27.0. The number of nitrogens with zero attached hydrogens (tertiary/aromatic N) is 3. The molecule has 1 fully saturated rings. The third kappa shape index (κ3) is 7.07. The molecule has 1 saturated carbocycles. The number of benzene rings is 2. The largest absolute Gasteiger partial charge is 0.339 e. The van der Waals surface area contributed by atoms with Crippen molar-refractivity contribution in [3.8, 4) is 11.3 Å². The Morgan fingerprint density at radius 2 is 1.81 bits per heavy atom. The summed E-state index contributed by atoms with van der Waals surface area (Å²) in [4.78, 5) is 27.4. The van der Waals surface area contributed by atoms with Gasteiger partial charge in [-0.15, -0.1) is 13.2 Å². The second kappa shape index (κ2) is 14.0. The van der Waals surface area contributed by atoms with Crippen molar-refractivity contribution in [3.63, 3.8) is 0 Å². The zero-order valence-electron chi connectivity index (χ0n) is 27.0. The van der Waals surface area contributed by atoms with Crippen LogP contribution in [0, 0.1) is 11.2 Å². The molecule has 0 aliphatic heterocycles. The fourth-order valence-corrected chi connectivity index (χ4v) is 6.56. The summed E-state index contributed by atoms with van der Waals surface area (Å²) in [6.07, 6.45) is 12.9. The number of carbonyl (C=O) groups excluding carboxylic acids is 1. The lowest BCUT2D eigenvalue weighted by Gasteiger charge is -2.44. The minimum Gasteiger partial charge on any atom is -0.339 e. The fourth-order valence-electron chi connectivity index (χ4n) is 6.56. The molecule has 1 aliphatic carbocycles. The average molecular weight is 629 g/mol. The summed E-state index contributed by atoms with van der Waals surface area (Å²) < 4.78 is 15.1. The van der Waals surface area contributed by atoms with Crippen LogP contribution in [0.1, 0.15) is 62.1 Å². The van der Waals surface area contributed by atoms with Crippen molar-refractivity contribution in [1.29, 1.82) is 0 Å². The standard InChI is InChI=1S/C39H41FN6O/c1-7-26(8-2)28-14-11-15-30(22-28)44-36(47)39(20-13-19-38(5,6)25-39)29-18-17-27(9-3)33(23-29)45-35-31(16-12-21-42-35)34-32(40)24-43-37(46-34)41-10-4/h7-12,14-18,21-24,26H,1-4,13,19-20,25H2,5-6H3,(H,42,45)(H,44,47)(H,41,43,46). The van der Waals surface area contributed by atoms with E-state index in [4.69, 9.17) is 0 Å². The molecule has 0 bridgehead atoms. The van der Waals surface area contributed by atoms with Gasteiger partial charge in [-0.05, 0) is 77.9 Å². The molecule has 2 aromatic carbocycles. The molecule has 3 N–H and O–H groups in total. The van der Waals surface area contributed by atoms with Crippen molar-refractivity contribution in [1.82, 2.24) is 15.0 Å². The van der Waals surface area contributed by atoms with E-state index in [9.17, 15) is 4.79 Å². The third-order valence-electron chi connectivity index (χ3n) is 8.83. The molecule has 5 rings (SSSR count). The summed E-state index contributed by atoms with van der Waals surface area (Å²) in [7, 11) is 0. The molecule has 8 heteroatoms. The summed E-state index contributed by atoms with van der Waals surface area (Å²) in [6.45, 7) is 19.9. The summed E-state index contributed by atoms with van der Waals surface area (Å²) >= 11 is 0. The van der Waals surface area contributed by atoms with E-state index in [2.05, 4.69) is 71.1 Å². The first-order valence-corrected chi connectivity index (χ1v) is 15.7. The Bertz CT molecular complexity index is 1820. The average Bonchev–Trinajstić information content (AvgIpc) is 3.06. The zero-order chi connectivity index (χ0) is 33.6. The maximum atomic E-state index is 15.1. The number of hydrogen-bond donors (Lipinski definition) is 3. The smallest absolute Gasteiger partial charge is 0.235 e. The fraction of sp³-hybridized carbons (Fsp3) is 0.231. The minimum absolute atomic E-state index is 0.0216. The van der Waals surface area contributed by atoms with E-state index in [-0.39, 0.29) is 28.9 Å². The molecule has 240 valence electrons. The van der Waals surface area contributed by atoms with Gasteiger partial charge in [-0.2, -0.15) is 0 Å². The molecule has 0 saturated heterocycles. The van der Waals surface area contributed by atoms with Gasteiger partial charge in [0.2, 0.25) is 11.9 Å². The molecule has 7 nitrogen and oxygen atoms in total. The Labute approximate surface area is 276 Å². The topological polar surface area (TPSA) is 91.8 Å². The summed E-state index contributed by atoms with van der Waals surface area (Å²) in [6, 6.07) is 17.3. The number of rotatable bonds is 12. The van der Waals surface area contributed by atoms with E-state index in [0.29, 0.717) is 29.9 Å². The molecule has 1 atom stereocenters. The number of allylic oxidation sites excluding steroid dienone is 2. The SMILES string of the molecule is C=CNc1ncc(F)c(-c2cccnc2Nc2cc(C3(C(=O)Nc4cccc(C(C=C)C=C)c4)CCCC(C)(C)C3)ccc2C=C)n1. The van der Waals surface area contributed by atoms with E-state index < -0.39 is 11.2 Å². The van der Waals surface area contributed by atoms with Crippen LogP contribution in [0.2, 0.25) is 0 Å². The monoisotopic (exact) mass is 628 g/mol. The molecule has 2 aromatic heterocycles. The van der Waals surface area contributed by atoms with E-state index in [1.807, 2.05) is 54.6 Å². The van der Waals surface area contributed by atoms with Crippen molar-refractivity contribution in [3.05, 3.63) is 134 Å². The predicted octanol–water partition coefficient (Wildman–Crippen LogP) is 9.55. The Balaban J connectivity index is 1.56. The first kappa shape index (κ1) is 33.0. The third-order valence-corrected chi connectivity index (χ3v) is 8.83. The van der Waals surface area contributed by atoms with Gasteiger partial charge in [-0.3, -0.25) is 4.79 Å². The van der Waals surface area contributed by atoms with E-state index in [1.54, 1.807) is 24.4 Å². The van der Waals surface area contributed by atoms with Crippen LogP contribution in [0.5, 0.6) is 0 Å². The number of pyridine rings is 1. The summed E-state index contributed by atoms with van der Waals surface area (Å²) in [5.74, 6) is -0.0648. The highest BCUT2D eigenvalue weighted by Gasteiger charge is 2.47. The van der Waals surface area contributed by atoms with Gasteiger partial charge < -0.3 is 16.0 Å².